The van der Waals surface area contributed by atoms with Crippen molar-refractivity contribution in [3.05, 3.63) is 54.6 Å². The average molecular weight is 512 g/mol. The molecule has 0 fully saturated rings. The van der Waals surface area contributed by atoms with Gasteiger partial charge in [0.2, 0.25) is 0 Å². The van der Waals surface area contributed by atoms with Crippen LogP contribution in [0, 0.1) is 0 Å². The number of benzene rings is 2. The van der Waals surface area contributed by atoms with Crippen LogP contribution in [-0.4, -0.2) is 53.5 Å². The zero-order valence-corrected chi connectivity index (χ0v) is 17.2. The average Bonchev–Trinajstić information content (AvgIpc) is 2.48. The van der Waals surface area contributed by atoms with Crippen molar-refractivity contribution in [3.63, 3.8) is 0 Å². The first-order chi connectivity index (χ1) is 10.8. The van der Waals surface area contributed by atoms with E-state index in [2.05, 4.69) is 42.5 Å². The molecule has 0 bridgehead atoms. The second-order valence-electron chi connectivity index (χ2n) is 4.26. The molecule has 2 N–H and O–H groups in total. The molecule has 5 nitrogen and oxygen atoms in total. The van der Waals surface area contributed by atoms with Gasteiger partial charge in [-0.1, -0.05) is 0 Å². The van der Waals surface area contributed by atoms with Crippen molar-refractivity contribution in [3.8, 4) is 5.75 Å². The molecule has 0 aliphatic heterocycles. The molecular weight excluding hydrogens is 491 g/mol. The number of carboxylic acid groups (broad SMARTS) is 2. The number of methoxy groups -OCH3 is 1. The van der Waals surface area contributed by atoms with E-state index < -0.39 is 36.2 Å². The van der Waals surface area contributed by atoms with Crippen molar-refractivity contribution >= 4 is 42.4 Å². The predicted octanol–water partition coefficient (Wildman–Crippen LogP) is 1.53. The van der Waals surface area contributed by atoms with Gasteiger partial charge in [0.05, 0.1) is 0 Å². The van der Waals surface area contributed by atoms with Crippen molar-refractivity contribution in [1.82, 2.24) is 0 Å². The molecule has 2 radical (unpaired) electrons. The van der Waals surface area contributed by atoms with Gasteiger partial charge in [-0.15, -0.1) is 0 Å². The second kappa shape index (κ2) is 12.6. The van der Waals surface area contributed by atoms with Crippen molar-refractivity contribution in [2.75, 3.05) is 7.11 Å². The zero-order valence-electron chi connectivity index (χ0n) is 13.3. The number of ether oxygens (including phenoxy) is 1. The molecule has 0 saturated heterocycles. The van der Waals surface area contributed by atoms with E-state index in [0.717, 1.165) is 19.6 Å². The summed E-state index contributed by atoms with van der Waals surface area (Å²) in [6.45, 7) is 2.17. The summed E-state index contributed by atoms with van der Waals surface area (Å²) in [6.07, 6.45) is 0. The summed E-state index contributed by atoms with van der Waals surface area (Å²) >= 11 is -0.829. The first-order valence-electron chi connectivity index (χ1n) is 6.70. The Hall–Kier alpha value is -1.90. The fourth-order valence-electron chi connectivity index (χ4n) is 1.36. The summed E-state index contributed by atoms with van der Waals surface area (Å²) in [5, 5.41) is 14.8. The van der Waals surface area contributed by atoms with Crippen LogP contribution >= 0.6 is 0 Å². The van der Waals surface area contributed by atoms with Crippen LogP contribution < -0.4 is 11.0 Å². The van der Waals surface area contributed by atoms with Gasteiger partial charge < -0.3 is 10.2 Å². The van der Waals surface area contributed by atoms with E-state index in [1.54, 1.807) is 7.11 Å². The number of hydrogen-bond donors (Lipinski definition) is 2. The molecule has 2 aromatic carbocycles. The first-order valence-corrected chi connectivity index (χ1v) is 10.6. The standard InChI is InChI=1S/C7H7O.C6H5.2C2H4O2.Pb/c1-8-7-5-3-2-4-6-7;1-2-4-6-5-3-1;2*1-2(3)4;/h3-6H,1H3;1-5H;2*1H3,(H,3,4);. The summed E-state index contributed by atoms with van der Waals surface area (Å²) in [6, 6.07) is 19.2. The van der Waals surface area contributed by atoms with Gasteiger partial charge in [0, 0.05) is 13.8 Å². The van der Waals surface area contributed by atoms with E-state index in [0.29, 0.717) is 0 Å². The van der Waals surface area contributed by atoms with Gasteiger partial charge in [-0.3, -0.25) is 9.59 Å². The molecule has 6 heteroatoms. The van der Waals surface area contributed by atoms with Gasteiger partial charge in [0.1, 0.15) is 0 Å². The minimum absolute atomic E-state index is 0.829. The molecule has 0 unspecified atom stereocenters. The van der Waals surface area contributed by atoms with E-state index in [9.17, 15) is 0 Å². The Morgan fingerprint density at radius 1 is 0.826 bits per heavy atom. The van der Waals surface area contributed by atoms with Gasteiger partial charge in [0.25, 0.3) is 11.9 Å². The van der Waals surface area contributed by atoms with Crippen LogP contribution in [0.1, 0.15) is 13.8 Å². The van der Waals surface area contributed by atoms with Crippen LogP contribution in [0.4, 0.5) is 0 Å². The topological polar surface area (TPSA) is 83.8 Å². The number of rotatable bonds is 3. The van der Waals surface area contributed by atoms with Crippen LogP contribution in [-0.2, 0) is 9.59 Å². The third-order valence-corrected chi connectivity index (χ3v) is 6.99. The third-order valence-electron chi connectivity index (χ3n) is 2.15. The van der Waals surface area contributed by atoms with Crippen LogP contribution in [0.25, 0.3) is 0 Å². The van der Waals surface area contributed by atoms with Gasteiger partial charge in [-0.05, 0) is 0 Å². The van der Waals surface area contributed by atoms with Gasteiger partial charge >= 0.3 is 103 Å². The molecule has 0 aromatic heterocycles. The van der Waals surface area contributed by atoms with E-state index in [1.807, 2.05) is 12.1 Å². The minimum atomic E-state index is -0.833. The monoisotopic (exact) mass is 512 g/mol. The quantitative estimate of drug-likeness (QED) is 0.611. The first kappa shape index (κ1) is 21.1. The Bertz CT molecular complexity index is 562. The van der Waals surface area contributed by atoms with Crippen LogP contribution in [0.15, 0.2) is 54.6 Å². The van der Waals surface area contributed by atoms with Crippen LogP contribution in [0.3, 0.4) is 0 Å². The third kappa shape index (κ3) is 13.5. The van der Waals surface area contributed by atoms with E-state index in [4.69, 9.17) is 24.5 Å². The normalized spacial score (nSPS) is 8.65. The number of carbonyl (C=O) groups is 2. The van der Waals surface area contributed by atoms with Gasteiger partial charge in [-0.25, -0.2) is 0 Å². The Morgan fingerprint density at radius 3 is 1.61 bits per heavy atom. The SMILES string of the molecule is CC(=O)O.CC(=O)O.COc1cc[c]([Pb][c]2ccccc2)cc1. The summed E-state index contributed by atoms with van der Waals surface area (Å²) < 4.78 is 8.17. The van der Waals surface area contributed by atoms with Crippen molar-refractivity contribution in [2.24, 2.45) is 0 Å². The molecular formula is C17H20O5Pb. The Morgan fingerprint density at radius 2 is 1.22 bits per heavy atom. The van der Waals surface area contributed by atoms with Crippen molar-refractivity contribution in [1.29, 1.82) is 0 Å². The molecule has 23 heavy (non-hydrogen) atoms. The number of aliphatic carboxylic acids is 2. The fraction of sp³-hybridized carbons (Fsp3) is 0.176. The van der Waals surface area contributed by atoms with Crippen molar-refractivity contribution < 1.29 is 24.5 Å². The van der Waals surface area contributed by atoms with Gasteiger partial charge in [-0.2, -0.15) is 0 Å². The summed E-state index contributed by atoms with van der Waals surface area (Å²) in [5.74, 6) is -0.726. The fourth-order valence-corrected chi connectivity index (χ4v) is 5.35. The second-order valence-corrected chi connectivity index (χ2v) is 9.72. The Labute approximate surface area is 148 Å². The van der Waals surface area contributed by atoms with Gasteiger partial charge in [0.15, 0.2) is 0 Å². The summed E-state index contributed by atoms with van der Waals surface area (Å²) in [5.41, 5.74) is 0. The molecule has 0 spiro atoms. The molecule has 0 saturated carbocycles. The molecule has 0 aliphatic rings. The number of carboxylic acids is 2. The summed E-state index contributed by atoms with van der Waals surface area (Å²) in [4.78, 5) is 18.0. The number of hydrogen-bond acceptors (Lipinski definition) is 3. The molecule has 122 valence electrons. The maximum absolute atomic E-state index is 9.00. The molecule has 2 aromatic rings. The summed E-state index contributed by atoms with van der Waals surface area (Å²) in [7, 11) is 1.70. The Balaban J connectivity index is 0.000000509. The molecule has 0 atom stereocenters. The maximum atomic E-state index is 9.00. The van der Waals surface area contributed by atoms with E-state index in [1.165, 1.54) is 6.25 Å². The van der Waals surface area contributed by atoms with Crippen LogP contribution in [0.2, 0.25) is 0 Å². The molecule has 2 rings (SSSR count). The molecule has 0 aliphatic carbocycles. The zero-order chi connectivity index (χ0) is 17.7. The van der Waals surface area contributed by atoms with E-state index >= 15 is 0 Å². The van der Waals surface area contributed by atoms with Crippen LogP contribution in [0.5, 0.6) is 5.75 Å². The van der Waals surface area contributed by atoms with Crippen molar-refractivity contribution in [2.45, 2.75) is 13.8 Å². The Kier molecular flexibility index (Phi) is 11.6. The molecule has 0 amide bonds. The molecule has 0 heterocycles. The van der Waals surface area contributed by atoms with E-state index in [-0.39, 0.29) is 0 Å². The predicted molar refractivity (Wildman–Crippen MR) is 91.1 cm³/mol.